The second-order valence-corrected chi connectivity index (χ2v) is 6.64. The maximum Gasteiger partial charge on any atom is 0.100 e. The minimum Gasteiger partial charge on any atom is -0.354 e. The predicted octanol–water partition coefficient (Wildman–Crippen LogP) is 5.81. The fourth-order valence-corrected chi connectivity index (χ4v) is 4.03. The highest BCUT2D eigenvalue weighted by atomic mass is 15.0. The van der Waals surface area contributed by atoms with E-state index in [1.54, 1.807) is 0 Å². The summed E-state index contributed by atoms with van der Waals surface area (Å²) in [5, 5.41) is 4.96. The number of aromatic nitrogens is 3. The zero-order valence-electron chi connectivity index (χ0n) is 14.0. The summed E-state index contributed by atoms with van der Waals surface area (Å²) in [6, 6.07) is 27.6. The van der Waals surface area contributed by atoms with Crippen LogP contribution in [0.15, 0.2) is 85.2 Å². The van der Waals surface area contributed by atoms with Crippen molar-refractivity contribution in [1.82, 2.24) is 14.5 Å². The van der Waals surface area contributed by atoms with Crippen molar-refractivity contribution < 1.29 is 0 Å². The highest BCUT2D eigenvalue weighted by Crippen LogP contribution is 2.35. The number of nitrogens with one attached hydrogen (secondary N) is 1. The van der Waals surface area contributed by atoms with Crippen molar-refractivity contribution in [2.75, 3.05) is 0 Å². The van der Waals surface area contributed by atoms with Crippen LogP contribution in [0.3, 0.4) is 0 Å². The fourth-order valence-electron chi connectivity index (χ4n) is 4.03. The minimum absolute atomic E-state index is 1.04. The number of H-pyrrole nitrogens is 1. The molecule has 1 N–H and O–H groups in total. The first-order valence-electron chi connectivity index (χ1n) is 8.75. The van der Waals surface area contributed by atoms with Gasteiger partial charge in [0, 0.05) is 32.9 Å². The van der Waals surface area contributed by atoms with Gasteiger partial charge in [-0.25, -0.2) is 4.98 Å². The van der Waals surface area contributed by atoms with Crippen molar-refractivity contribution in [3.05, 3.63) is 85.2 Å². The Labute approximate surface area is 149 Å². The Kier molecular flexibility index (Phi) is 2.61. The van der Waals surface area contributed by atoms with Crippen LogP contribution in [-0.4, -0.2) is 14.5 Å². The molecule has 6 rings (SSSR count). The van der Waals surface area contributed by atoms with E-state index in [0.717, 1.165) is 16.7 Å². The number of nitrogens with zero attached hydrogens (tertiary/aromatic N) is 2. The topological polar surface area (TPSA) is 33.6 Å². The maximum absolute atomic E-state index is 4.75. The summed E-state index contributed by atoms with van der Waals surface area (Å²) in [5.74, 6) is 0. The van der Waals surface area contributed by atoms with Gasteiger partial charge in [-0.2, -0.15) is 0 Å². The van der Waals surface area contributed by atoms with Crippen LogP contribution in [0.2, 0.25) is 0 Å². The number of fused-ring (bicyclic) bond motifs is 7. The third kappa shape index (κ3) is 1.74. The van der Waals surface area contributed by atoms with E-state index in [4.69, 9.17) is 4.98 Å². The van der Waals surface area contributed by atoms with Crippen molar-refractivity contribution in [1.29, 1.82) is 0 Å². The van der Waals surface area contributed by atoms with Gasteiger partial charge in [0.05, 0.1) is 11.0 Å². The molecule has 0 saturated heterocycles. The van der Waals surface area contributed by atoms with E-state index >= 15 is 0 Å². The van der Waals surface area contributed by atoms with Gasteiger partial charge in [0.25, 0.3) is 0 Å². The smallest absolute Gasteiger partial charge is 0.100 e. The molecule has 0 aliphatic heterocycles. The highest BCUT2D eigenvalue weighted by Gasteiger charge is 2.12. The van der Waals surface area contributed by atoms with Crippen LogP contribution in [0, 0.1) is 0 Å². The Morgan fingerprint density at radius 3 is 2.38 bits per heavy atom. The summed E-state index contributed by atoms with van der Waals surface area (Å²) >= 11 is 0. The molecule has 0 amide bonds. The van der Waals surface area contributed by atoms with Gasteiger partial charge >= 0.3 is 0 Å². The third-order valence-corrected chi connectivity index (χ3v) is 5.21. The summed E-state index contributed by atoms with van der Waals surface area (Å²) < 4.78 is 2.15. The van der Waals surface area contributed by atoms with Crippen molar-refractivity contribution in [2.45, 2.75) is 0 Å². The van der Waals surface area contributed by atoms with E-state index in [0.29, 0.717) is 0 Å². The first-order valence-corrected chi connectivity index (χ1v) is 8.75. The molecule has 3 heteroatoms. The summed E-state index contributed by atoms with van der Waals surface area (Å²) in [6.45, 7) is 0. The minimum atomic E-state index is 1.04. The van der Waals surface area contributed by atoms with Gasteiger partial charge in [0.1, 0.15) is 6.33 Å². The molecule has 122 valence electrons. The molecule has 2 heterocycles. The molecule has 0 aliphatic carbocycles. The number of benzene rings is 4. The molecule has 2 aromatic heterocycles. The fraction of sp³-hybridized carbons (Fsp3) is 0. The van der Waals surface area contributed by atoms with Gasteiger partial charge in [0.15, 0.2) is 0 Å². The SMILES string of the molecule is c1ccc(-n2cnc3c4ccc5[nH]c6ccccc6c5c4ccc32)cc1. The number of para-hydroxylation sites is 2. The molecule has 0 aliphatic rings. The maximum atomic E-state index is 4.75. The average Bonchev–Trinajstić information content (AvgIpc) is 3.30. The first kappa shape index (κ1) is 13.7. The Morgan fingerprint density at radius 2 is 1.46 bits per heavy atom. The van der Waals surface area contributed by atoms with E-state index in [1.807, 2.05) is 12.4 Å². The van der Waals surface area contributed by atoms with Crippen molar-refractivity contribution in [2.24, 2.45) is 0 Å². The second kappa shape index (κ2) is 4.96. The summed E-state index contributed by atoms with van der Waals surface area (Å²) in [6.07, 6.45) is 1.92. The number of aromatic amines is 1. The first-order chi connectivity index (χ1) is 12.9. The summed E-state index contributed by atoms with van der Waals surface area (Å²) in [7, 11) is 0. The predicted molar refractivity (Wildman–Crippen MR) is 108 cm³/mol. The van der Waals surface area contributed by atoms with Gasteiger partial charge in [-0.05, 0) is 35.7 Å². The lowest BCUT2D eigenvalue weighted by molar-refractivity contribution is 1.09. The molecule has 3 nitrogen and oxygen atoms in total. The summed E-state index contributed by atoms with van der Waals surface area (Å²) in [5.41, 5.74) is 5.63. The van der Waals surface area contributed by atoms with Crippen LogP contribution in [0.1, 0.15) is 0 Å². The molecule has 0 spiro atoms. The van der Waals surface area contributed by atoms with Crippen LogP contribution in [0.5, 0.6) is 0 Å². The van der Waals surface area contributed by atoms with Gasteiger partial charge < -0.3 is 4.98 Å². The van der Waals surface area contributed by atoms with Crippen LogP contribution >= 0.6 is 0 Å². The van der Waals surface area contributed by atoms with Gasteiger partial charge in [-0.3, -0.25) is 4.57 Å². The van der Waals surface area contributed by atoms with Gasteiger partial charge in [-0.1, -0.05) is 48.5 Å². The normalized spacial score (nSPS) is 11.8. The Balaban J connectivity index is 1.74. The number of hydrogen-bond acceptors (Lipinski definition) is 1. The molecule has 4 aromatic carbocycles. The standard InChI is InChI=1S/C23H15N3/c1-2-6-15(7-3-1)26-14-24-23-17-10-12-20-22(16(17)11-13-21(23)26)18-8-4-5-9-19(18)25-20/h1-14,25H. The van der Waals surface area contributed by atoms with Crippen LogP contribution in [-0.2, 0) is 0 Å². The van der Waals surface area contributed by atoms with E-state index in [9.17, 15) is 0 Å². The van der Waals surface area contributed by atoms with E-state index in [1.165, 1.54) is 32.6 Å². The van der Waals surface area contributed by atoms with Gasteiger partial charge in [-0.15, -0.1) is 0 Å². The molecule has 6 aromatic rings. The van der Waals surface area contributed by atoms with Crippen molar-refractivity contribution in [3.63, 3.8) is 0 Å². The molecule has 0 bridgehead atoms. The number of hydrogen-bond donors (Lipinski definition) is 1. The molecule has 0 unspecified atom stereocenters. The van der Waals surface area contributed by atoms with Crippen LogP contribution < -0.4 is 0 Å². The van der Waals surface area contributed by atoms with E-state index in [-0.39, 0.29) is 0 Å². The van der Waals surface area contributed by atoms with E-state index < -0.39 is 0 Å². The number of imidazole rings is 1. The lowest BCUT2D eigenvalue weighted by Gasteiger charge is -2.06. The van der Waals surface area contributed by atoms with Crippen molar-refractivity contribution in [3.8, 4) is 5.69 Å². The molecule has 0 fully saturated rings. The molecule has 0 atom stereocenters. The zero-order chi connectivity index (χ0) is 17.1. The van der Waals surface area contributed by atoms with Crippen LogP contribution in [0.25, 0.3) is 49.3 Å². The lowest BCUT2D eigenvalue weighted by atomic mass is 10.0. The largest absolute Gasteiger partial charge is 0.354 e. The Morgan fingerprint density at radius 1 is 0.654 bits per heavy atom. The average molecular weight is 333 g/mol. The third-order valence-electron chi connectivity index (χ3n) is 5.21. The highest BCUT2D eigenvalue weighted by molar-refractivity contribution is 6.23. The molecule has 26 heavy (non-hydrogen) atoms. The van der Waals surface area contributed by atoms with Gasteiger partial charge in [0.2, 0.25) is 0 Å². The quantitative estimate of drug-likeness (QED) is 0.404. The summed E-state index contributed by atoms with van der Waals surface area (Å²) in [4.78, 5) is 8.27. The molecule has 0 saturated carbocycles. The molecular formula is C23H15N3. The molecule has 0 radical (unpaired) electrons. The van der Waals surface area contributed by atoms with Crippen molar-refractivity contribution >= 4 is 43.6 Å². The zero-order valence-corrected chi connectivity index (χ0v) is 14.0. The lowest BCUT2D eigenvalue weighted by Crippen LogP contribution is -1.90. The van der Waals surface area contributed by atoms with Crippen LogP contribution in [0.4, 0.5) is 0 Å². The number of rotatable bonds is 1. The van der Waals surface area contributed by atoms with E-state index in [2.05, 4.69) is 82.3 Å². The monoisotopic (exact) mass is 333 g/mol. The Bertz CT molecular complexity index is 1420. The molecular weight excluding hydrogens is 318 g/mol. The Hall–Kier alpha value is -3.59. The second-order valence-electron chi connectivity index (χ2n) is 6.64.